The van der Waals surface area contributed by atoms with E-state index >= 15 is 0 Å². The summed E-state index contributed by atoms with van der Waals surface area (Å²) in [6, 6.07) is 1.00. The number of unbranched alkanes of at least 4 members (excludes halogenated alkanes) is 1. The van der Waals surface area contributed by atoms with Crippen molar-refractivity contribution in [2.75, 3.05) is 26.7 Å². The Morgan fingerprint density at radius 2 is 2.08 bits per heavy atom. The monoisotopic (exact) mass is 567 g/mol. The first-order valence-corrected chi connectivity index (χ1v) is 15.2. The highest BCUT2D eigenvalue weighted by atomic mass is 32.2. The highest BCUT2D eigenvalue weighted by molar-refractivity contribution is 7.89. The molecule has 2 atom stereocenters. The van der Waals surface area contributed by atoms with Crippen LogP contribution in [0.2, 0.25) is 0 Å². The number of carbonyl (C=O) groups excluding carboxylic acids is 1. The maximum Gasteiger partial charge on any atom is 0.267 e. The van der Waals surface area contributed by atoms with Gasteiger partial charge in [0, 0.05) is 38.0 Å². The fourth-order valence-electron chi connectivity index (χ4n) is 5.65. The molecule has 2 aliphatic rings. The Morgan fingerprint density at radius 3 is 2.74 bits per heavy atom. The van der Waals surface area contributed by atoms with E-state index in [1.165, 1.54) is 13.4 Å². The minimum atomic E-state index is -3.83. The van der Waals surface area contributed by atoms with Crippen molar-refractivity contribution in [3.63, 3.8) is 0 Å². The number of likely N-dealkylation sites (N-methyl/N-ethyl adjacent to an activating group) is 1. The Hall–Kier alpha value is -2.44. The van der Waals surface area contributed by atoms with Crippen LogP contribution in [0.1, 0.15) is 70.9 Å². The number of nitrogens with zero attached hydrogens (tertiary/aromatic N) is 4. The number of carbonyl (C=O) groups is 1. The van der Waals surface area contributed by atoms with Gasteiger partial charge in [-0.2, -0.15) is 0 Å². The predicted octanol–water partition coefficient (Wildman–Crippen LogP) is 3.97. The first kappa shape index (κ1) is 29.5. The lowest BCUT2D eigenvalue weighted by molar-refractivity contribution is -0.134. The molecule has 1 saturated heterocycles. The number of rotatable bonds is 13. The van der Waals surface area contributed by atoms with Gasteiger partial charge in [0.05, 0.1) is 30.1 Å². The predicted molar refractivity (Wildman–Crippen MR) is 145 cm³/mol. The molecule has 3 heterocycles. The summed E-state index contributed by atoms with van der Waals surface area (Å²) in [6.07, 6.45) is 9.50. The van der Waals surface area contributed by atoms with Crippen LogP contribution in [0.3, 0.4) is 0 Å². The number of hydrogen-bond acceptors (Lipinski definition) is 6. The molecule has 2 aromatic rings. The number of amides is 1. The third-order valence-electron chi connectivity index (χ3n) is 8.34. The summed E-state index contributed by atoms with van der Waals surface area (Å²) in [6.45, 7) is 2.41. The molecule has 0 spiro atoms. The van der Waals surface area contributed by atoms with Crippen LogP contribution in [0.15, 0.2) is 24.7 Å². The molecule has 2 fully saturated rings. The number of alkyl halides is 2. The summed E-state index contributed by atoms with van der Waals surface area (Å²) >= 11 is 0. The normalized spacial score (nSPS) is 21.6. The van der Waals surface area contributed by atoms with E-state index in [0.717, 1.165) is 63.6 Å². The zero-order valence-corrected chi connectivity index (χ0v) is 23.7. The molecule has 9 nitrogen and oxygen atoms in total. The number of allylic oxidation sites excluding steroid dienone is 2. The Balaban J connectivity index is 1.51. The van der Waals surface area contributed by atoms with Gasteiger partial charge in [0.2, 0.25) is 15.9 Å². The SMILES string of the molecule is CCCCC(=CCC1(C(C)S(=O)(=O)N(C)CC2CC(F)(F)CN2C(=O)CCO)CC1)c1ncnc2[nH]ccc12. The second-order valence-corrected chi connectivity index (χ2v) is 13.4. The molecular weight excluding hydrogens is 528 g/mol. The van der Waals surface area contributed by atoms with Crippen LogP contribution < -0.4 is 0 Å². The van der Waals surface area contributed by atoms with Crippen molar-refractivity contribution < 1.29 is 27.1 Å². The lowest BCUT2D eigenvalue weighted by Crippen LogP contribution is -2.47. The number of aliphatic hydroxyl groups excluding tert-OH is 1. The van der Waals surface area contributed by atoms with Crippen molar-refractivity contribution in [1.82, 2.24) is 24.2 Å². The van der Waals surface area contributed by atoms with E-state index in [1.807, 2.05) is 12.3 Å². The first-order valence-electron chi connectivity index (χ1n) is 13.6. The highest BCUT2D eigenvalue weighted by Crippen LogP contribution is 2.55. The lowest BCUT2D eigenvalue weighted by atomic mass is 9.94. The van der Waals surface area contributed by atoms with E-state index in [2.05, 4.69) is 28.0 Å². The number of likely N-dealkylation sites (tertiary alicyclic amines) is 1. The third kappa shape index (κ3) is 6.33. The molecule has 4 rings (SSSR count). The quantitative estimate of drug-likeness (QED) is 0.378. The highest BCUT2D eigenvalue weighted by Gasteiger charge is 2.53. The maximum absolute atomic E-state index is 14.2. The van der Waals surface area contributed by atoms with Gasteiger partial charge in [-0.15, -0.1) is 0 Å². The second-order valence-electron chi connectivity index (χ2n) is 11.0. The molecule has 0 radical (unpaired) electrons. The van der Waals surface area contributed by atoms with Crippen LogP contribution in [0, 0.1) is 5.41 Å². The summed E-state index contributed by atoms with van der Waals surface area (Å²) in [4.78, 5) is 25.3. The van der Waals surface area contributed by atoms with Gasteiger partial charge in [0.15, 0.2) is 0 Å². The largest absolute Gasteiger partial charge is 0.396 e. The molecule has 2 unspecified atom stereocenters. The summed E-state index contributed by atoms with van der Waals surface area (Å²) in [5, 5.41) is 9.30. The Labute approximate surface area is 228 Å². The van der Waals surface area contributed by atoms with Gasteiger partial charge in [-0.05, 0) is 56.1 Å². The summed E-state index contributed by atoms with van der Waals surface area (Å²) in [5.74, 6) is -3.68. The van der Waals surface area contributed by atoms with Crippen LogP contribution in [-0.2, 0) is 14.8 Å². The number of hydrogen-bond donors (Lipinski definition) is 2. The molecule has 1 aliphatic heterocycles. The van der Waals surface area contributed by atoms with Gasteiger partial charge in [-0.3, -0.25) is 4.79 Å². The van der Waals surface area contributed by atoms with Crippen LogP contribution in [-0.4, -0.2) is 87.5 Å². The number of aliphatic hydroxyl groups is 1. The van der Waals surface area contributed by atoms with E-state index in [4.69, 9.17) is 5.11 Å². The van der Waals surface area contributed by atoms with Crippen molar-refractivity contribution in [3.8, 4) is 0 Å². The minimum absolute atomic E-state index is 0.209. The molecule has 39 heavy (non-hydrogen) atoms. The molecule has 2 N–H and O–H groups in total. The number of aromatic nitrogens is 3. The number of sulfonamides is 1. The topological polar surface area (TPSA) is 119 Å². The van der Waals surface area contributed by atoms with Crippen molar-refractivity contribution in [1.29, 1.82) is 0 Å². The molecule has 1 aliphatic carbocycles. The number of nitrogens with one attached hydrogen (secondary N) is 1. The zero-order chi connectivity index (χ0) is 28.4. The van der Waals surface area contributed by atoms with Crippen LogP contribution in [0.5, 0.6) is 0 Å². The fraction of sp³-hybridized carbons (Fsp3) is 0.667. The Kier molecular flexibility index (Phi) is 8.77. The smallest absolute Gasteiger partial charge is 0.267 e. The van der Waals surface area contributed by atoms with Crippen LogP contribution >= 0.6 is 0 Å². The van der Waals surface area contributed by atoms with Gasteiger partial charge in [0.25, 0.3) is 5.92 Å². The number of H-pyrrole nitrogens is 1. The number of aromatic amines is 1. The molecule has 12 heteroatoms. The van der Waals surface area contributed by atoms with Crippen molar-refractivity contribution in [2.24, 2.45) is 5.41 Å². The van der Waals surface area contributed by atoms with Gasteiger partial charge in [0.1, 0.15) is 12.0 Å². The average Bonchev–Trinajstić information content (AvgIpc) is 3.39. The van der Waals surface area contributed by atoms with Crippen LogP contribution in [0.25, 0.3) is 16.6 Å². The van der Waals surface area contributed by atoms with Gasteiger partial charge >= 0.3 is 0 Å². The Bertz CT molecular complexity index is 1310. The zero-order valence-electron chi connectivity index (χ0n) is 22.9. The van der Waals surface area contributed by atoms with Gasteiger partial charge < -0.3 is 15.0 Å². The van der Waals surface area contributed by atoms with E-state index in [-0.39, 0.29) is 13.0 Å². The minimum Gasteiger partial charge on any atom is -0.396 e. The molecule has 2 aromatic heterocycles. The number of fused-ring (bicyclic) bond motifs is 1. The van der Waals surface area contributed by atoms with Gasteiger partial charge in [-0.1, -0.05) is 19.4 Å². The Morgan fingerprint density at radius 1 is 1.33 bits per heavy atom. The molecular formula is C27H39F2N5O4S. The second kappa shape index (κ2) is 11.6. The number of halogens is 2. The lowest BCUT2D eigenvalue weighted by Gasteiger charge is -2.31. The summed E-state index contributed by atoms with van der Waals surface area (Å²) in [7, 11) is -2.43. The molecule has 0 aromatic carbocycles. The molecule has 216 valence electrons. The van der Waals surface area contributed by atoms with Gasteiger partial charge in [-0.25, -0.2) is 31.5 Å². The van der Waals surface area contributed by atoms with E-state index in [1.54, 1.807) is 6.92 Å². The van der Waals surface area contributed by atoms with E-state index in [9.17, 15) is 22.0 Å². The summed E-state index contributed by atoms with van der Waals surface area (Å²) in [5.41, 5.74) is 2.23. The maximum atomic E-state index is 14.2. The molecule has 1 saturated carbocycles. The van der Waals surface area contributed by atoms with Crippen molar-refractivity contribution >= 4 is 32.5 Å². The standard InChI is InChI=1S/C27H39F2N5O4S/c1-4-5-6-20(24-22-8-13-30-25(22)32-18-31-24)7-10-26(11-12-26)19(2)39(37,38)33(3)16-21-15-27(28,29)17-34(21)23(36)9-14-35/h7-8,13,18-19,21,35H,4-6,9-12,14-17H2,1-3H3,(H,30,31,32). The molecule has 1 amide bonds. The van der Waals surface area contributed by atoms with Crippen LogP contribution in [0.4, 0.5) is 8.78 Å². The molecule has 0 bridgehead atoms. The van der Waals surface area contributed by atoms with Crippen molar-refractivity contribution in [2.45, 2.75) is 82.4 Å². The van der Waals surface area contributed by atoms with E-state index < -0.39 is 58.1 Å². The van der Waals surface area contributed by atoms with Crippen molar-refractivity contribution in [3.05, 3.63) is 30.4 Å². The first-order chi connectivity index (χ1) is 18.4. The average molecular weight is 568 g/mol. The fourth-order valence-corrected chi connectivity index (χ4v) is 7.54. The summed E-state index contributed by atoms with van der Waals surface area (Å²) < 4.78 is 56.8. The van der Waals surface area contributed by atoms with E-state index in [0.29, 0.717) is 6.42 Å². The third-order valence-corrected chi connectivity index (χ3v) is 10.8.